The molecule has 108 valence electrons. The average Bonchev–Trinajstić information content (AvgIpc) is 2.55. The van der Waals surface area contributed by atoms with Crippen molar-refractivity contribution in [1.29, 1.82) is 0 Å². The van der Waals surface area contributed by atoms with Crippen molar-refractivity contribution >= 4 is 33.3 Å². The van der Waals surface area contributed by atoms with Gasteiger partial charge in [0.05, 0.1) is 11.1 Å². The molecule has 7 heteroatoms. The zero-order chi connectivity index (χ0) is 15.5. The number of non-ortho nitro benzene ring substituents is 1. The Balaban J connectivity index is 1.93. The van der Waals surface area contributed by atoms with Gasteiger partial charge < -0.3 is 0 Å². The van der Waals surface area contributed by atoms with E-state index in [1.807, 2.05) is 24.3 Å². The molecule has 0 aliphatic heterocycles. The molecule has 1 heterocycles. The highest BCUT2D eigenvalue weighted by molar-refractivity contribution is 8.14. The number of benzene rings is 2. The summed E-state index contributed by atoms with van der Waals surface area (Å²) >= 11 is 0.911. The summed E-state index contributed by atoms with van der Waals surface area (Å²) < 4.78 is 0. The minimum Gasteiger partial charge on any atom is -0.281 e. The topological polar surface area (TPSA) is 86.0 Å². The van der Waals surface area contributed by atoms with Crippen molar-refractivity contribution < 1.29 is 9.72 Å². The first-order valence-corrected chi connectivity index (χ1v) is 7.14. The summed E-state index contributed by atoms with van der Waals surface area (Å²) in [4.78, 5) is 22.6. The smallest absolute Gasteiger partial charge is 0.270 e. The lowest BCUT2D eigenvalue weighted by atomic mass is 10.2. The molecule has 0 unspecified atom stereocenters. The van der Waals surface area contributed by atoms with E-state index in [2.05, 4.69) is 10.2 Å². The number of hydrogen-bond donors (Lipinski definition) is 0. The molecule has 0 spiro atoms. The van der Waals surface area contributed by atoms with Gasteiger partial charge in [0, 0.05) is 28.5 Å². The van der Waals surface area contributed by atoms with E-state index in [4.69, 9.17) is 0 Å². The second-order valence-electron chi connectivity index (χ2n) is 4.43. The molecule has 3 aromatic rings. The number of nitro benzene ring substituents is 1. The SMILES string of the molecule is O=C(Sc1nncc2ccccc12)c1cccc([N+](=O)[O-])c1. The number of carbonyl (C=O) groups excluding carboxylic acids is 1. The Morgan fingerprint density at radius 2 is 1.95 bits per heavy atom. The third-order valence-electron chi connectivity index (χ3n) is 3.02. The largest absolute Gasteiger partial charge is 0.281 e. The number of thioether (sulfide) groups is 1. The standard InChI is InChI=1S/C15H9N3O3S/c19-15(10-5-3-6-12(8-10)18(20)21)22-14-13-7-2-1-4-11(13)9-16-17-14/h1-9H. The van der Waals surface area contributed by atoms with Gasteiger partial charge in [0.2, 0.25) is 5.12 Å². The van der Waals surface area contributed by atoms with Crippen LogP contribution in [0.1, 0.15) is 10.4 Å². The maximum atomic E-state index is 12.3. The van der Waals surface area contributed by atoms with Crippen molar-refractivity contribution in [2.24, 2.45) is 0 Å². The number of fused-ring (bicyclic) bond motifs is 1. The molecule has 0 aliphatic rings. The fourth-order valence-electron chi connectivity index (χ4n) is 1.97. The first kappa shape index (κ1) is 14.2. The van der Waals surface area contributed by atoms with Crippen LogP contribution in [0.2, 0.25) is 0 Å². The van der Waals surface area contributed by atoms with Crippen LogP contribution in [0.3, 0.4) is 0 Å². The van der Waals surface area contributed by atoms with Crippen LogP contribution in [-0.2, 0) is 0 Å². The summed E-state index contributed by atoms with van der Waals surface area (Å²) in [6.07, 6.45) is 1.62. The second-order valence-corrected chi connectivity index (χ2v) is 5.40. The van der Waals surface area contributed by atoms with Crippen LogP contribution in [0.15, 0.2) is 59.8 Å². The van der Waals surface area contributed by atoms with Gasteiger partial charge in [-0.15, -0.1) is 5.10 Å². The van der Waals surface area contributed by atoms with Crippen LogP contribution < -0.4 is 0 Å². The molecule has 0 saturated carbocycles. The fourth-order valence-corrected chi connectivity index (χ4v) is 2.77. The zero-order valence-electron chi connectivity index (χ0n) is 11.2. The molecule has 1 aromatic heterocycles. The molecule has 22 heavy (non-hydrogen) atoms. The van der Waals surface area contributed by atoms with Crippen molar-refractivity contribution in [1.82, 2.24) is 10.2 Å². The summed E-state index contributed by atoms with van der Waals surface area (Å²) in [5.41, 5.74) is 0.143. The van der Waals surface area contributed by atoms with E-state index in [1.165, 1.54) is 18.2 Å². The van der Waals surface area contributed by atoms with E-state index < -0.39 is 4.92 Å². The zero-order valence-corrected chi connectivity index (χ0v) is 12.0. The molecule has 0 atom stereocenters. The van der Waals surface area contributed by atoms with Gasteiger partial charge in [0.15, 0.2) is 0 Å². The van der Waals surface area contributed by atoms with Gasteiger partial charge in [-0.05, 0) is 17.8 Å². The molecule has 3 rings (SSSR count). The van der Waals surface area contributed by atoms with Crippen molar-refractivity contribution in [3.8, 4) is 0 Å². The molecular weight excluding hydrogens is 302 g/mol. The van der Waals surface area contributed by atoms with Gasteiger partial charge in [-0.1, -0.05) is 30.3 Å². The molecule has 0 amide bonds. The Kier molecular flexibility index (Phi) is 3.80. The van der Waals surface area contributed by atoms with E-state index in [0.29, 0.717) is 5.03 Å². The number of rotatable bonds is 3. The maximum absolute atomic E-state index is 12.3. The second kappa shape index (κ2) is 5.90. The number of carbonyl (C=O) groups is 1. The van der Waals surface area contributed by atoms with Crippen molar-refractivity contribution in [3.63, 3.8) is 0 Å². The van der Waals surface area contributed by atoms with Crippen molar-refractivity contribution in [2.75, 3.05) is 0 Å². The molecule has 2 aromatic carbocycles. The van der Waals surface area contributed by atoms with Crippen molar-refractivity contribution in [2.45, 2.75) is 5.03 Å². The lowest BCUT2D eigenvalue weighted by molar-refractivity contribution is -0.384. The highest BCUT2D eigenvalue weighted by Crippen LogP contribution is 2.28. The molecular formula is C15H9N3O3S. The van der Waals surface area contributed by atoms with Crippen LogP contribution in [-0.4, -0.2) is 20.2 Å². The molecule has 0 bridgehead atoms. The lowest BCUT2D eigenvalue weighted by Gasteiger charge is -2.03. The molecule has 0 radical (unpaired) electrons. The van der Waals surface area contributed by atoms with Gasteiger partial charge in [0.1, 0.15) is 5.03 Å². The molecule has 6 nitrogen and oxygen atoms in total. The lowest BCUT2D eigenvalue weighted by Crippen LogP contribution is -1.97. The Bertz CT molecular complexity index is 877. The van der Waals surface area contributed by atoms with E-state index >= 15 is 0 Å². The van der Waals surface area contributed by atoms with Crippen LogP contribution in [0, 0.1) is 10.1 Å². The highest BCUT2D eigenvalue weighted by Gasteiger charge is 2.15. The van der Waals surface area contributed by atoms with Crippen LogP contribution in [0.25, 0.3) is 10.8 Å². The van der Waals surface area contributed by atoms with E-state index in [9.17, 15) is 14.9 Å². The first-order chi connectivity index (χ1) is 10.6. The summed E-state index contributed by atoms with van der Waals surface area (Å²) in [7, 11) is 0. The summed E-state index contributed by atoms with van der Waals surface area (Å²) in [6, 6.07) is 13.1. The predicted molar refractivity (Wildman–Crippen MR) is 82.8 cm³/mol. The normalized spacial score (nSPS) is 10.5. The van der Waals surface area contributed by atoms with Crippen LogP contribution in [0.4, 0.5) is 5.69 Å². The molecule has 0 saturated heterocycles. The monoisotopic (exact) mass is 311 g/mol. The highest BCUT2D eigenvalue weighted by atomic mass is 32.2. The summed E-state index contributed by atoms with van der Waals surface area (Å²) in [5, 5.41) is 20.5. The summed E-state index contributed by atoms with van der Waals surface area (Å²) in [6.45, 7) is 0. The van der Waals surface area contributed by atoms with Gasteiger partial charge in [0.25, 0.3) is 5.69 Å². The number of hydrogen-bond acceptors (Lipinski definition) is 6. The number of nitro groups is 1. The molecule has 0 N–H and O–H groups in total. The Labute approximate surface area is 129 Å². The summed E-state index contributed by atoms with van der Waals surface area (Å²) in [5.74, 6) is 0. The molecule has 0 aliphatic carbocycles. The van der Waals surface area contributed by atoms with E-state index in [1.54, 1.807) is 12.3 Å². The predicted octanol–water partition coefficient (Wildman–Crippen LogP) is 3.47. The number of aromatic nitrogens is 2. The minimum absolute atomic E-state index is 0.115. The Hall–Kier alpha value is -2.80. The van der Waals surface area contributed by atoms with Gasteiger partial charge in [-0.2, -0.15) is 5.10 Å². The quantitative estimate of drug-likeness (QED) is 0.418. The Morgan fingerprint density at radius 1 is 1.14 bits per heavy atom. The van der Waals surface area contributed by atoms with Gasteiger partial charge in [-0.25, -0.2) is 0 Å². The average molecular weight is 311 g/mol. The van der Waals surface area contributed by atoms with E-state index in [-0.39, 0.29) is 16.4 Å². The van der Waals surface area contributed by atoms with E-state index in [0.717, 1.165) is 22.5 Å². The van der Waals surface area contributed by atoms with Crippen LogP contribution >= 0.6 is 11.8 Å². The first-order valence-electron chi connectivity index (χ1n) is 6.32. The fraction of sp³-hybridized carbons (Fsp3) is 0. The molecule has 0 fully saturated rings. The van der Waals surface area contributed by atoms with Gasteiger partial charge >= 0.3 is 0 Å². The third kappa shape index (κ3) is 2.79. The van der Waals surface area contributed by atoms with Gasteiger partial charge in [-0.3, -0.25) is 14.9 Å². The number of nitrogens with zero attached hydrogens (tertiary/aromatic N) is 3. The van der Waals surface area contributed by atoms with Crippen molar-refractivity contribution in [3.05, 3.63) is 70.4 Å². The minimum atomic E-state index is -0.529. The maximum Gasteiger partial charge on any atom is 0.270 e. The third-order valence-corrected chi connectivity index (χ3v) is 3.93. The van der Waals surface area contributed by atoms with Crippen LogP contribution in [0.5, 0.6) is 0 Å². The Morgan fingerprint density at radius 3 is 2.77 bits per heavy atom.